The van der Waals surface area contributed by atoms with Gasteiger partial charge in [-0.05, 0) is 11.5 Å². The van der Waals surface area contributed by atoms with Gasteiger partial charge in [0.15, 0.2) is 0 Å². The van der Waals surface area contributed by atoms with Crippen molar-refractivity contribution in [3.05, 3.63) is 47.7 Å². The van der Waals surface area contributed by atoms with Gasteiger partial charge in [-0.15, -0.1) is 11.3 Å². The molecule has 0 radical (unpaired) electrons. The fraction of sp³-hybridized carbons (Fsp3) is 0. The second-order valence-electron chi connectivity index (χ2n) is 3.80. The van der Waals surface area contributed by atoms with Gasteiger partial charge in [0.1, 0.15) is 10.7 Å². The molecule has 88 valence electrons. The lowest BCUT2D eigenvalue weighted by Gasteiger charge is -2.02. The van der Waals surface area contributed by atoms with E-state index in [1.165, 1.54) is 11.3 Å². The monoisotopic (exact) mass is 255 g/mol. The number of nitrogens with zero attached hydrogens (tertiary/aromatic N) is 2. The minimum absolute atomic E-state index is 0.307. The zero-order valence-corrected chi connectivity index (χ0v) is 10.1. The summed E-state index contributed by atoms with van der Waals surface area (Å²) in [6.07, 6.45) is 3.55. The molecular formula is C13H9N3OS. The second kappa shape index (κ2) is 4.19. The molecule has 0 unspecified atom stereocenters. The summed E-state index contributed by atoms with van der Waals surface area (Å²) in [5.74, 6) is -0.501. The van der Waals surface area contributed by atoms with Crippen molar-refractivity contribution in [2.45, 2.75) is 0 Å². The van der Waals surface area contributed by atoms with E-state index >= 15 is 0 Å². The van der Waals surface area contributed by atoms with E-state index in [9.17, 15) is 4.79 Å². The van der Waals surface area contributed by atoms with Gasteiger partial charge in [-0.25, -0.2) is 4.98 Å². The van der Waals surface area contributed by atoms with E-state index in [0.29, 0.717) is 5.69 Å². The molecule has 2 N–H and O–H groups in total. The number of aromatic nitrogens is 2. The molecule has 0 bridgehead atoms. The molecule has 0 aliphatic rings. The van der Waals surface area contributed by atoms with Crippen LogP contribution in [0.4, 0.5) is 0 Å². The average Bonchev–Trinajstić information content (AvgIpc) is 2.87. The van der Waals surface area contributed by atoms with Gasteiger partial charge in [0.05, 0.1) is 0 Å². The maximum absolute atomic E-state index is 11.1. The largest absolute Gasteiger partial charge is 0.364 e. The predicted molar refractivity (Wildman–Crippen MR) is 71.4 cm³/mol. The molecule has 2 aromatic heterocycles. The van der Waals surface area contributed by atoms with E-state index in [1.807, 2.05) is 24.3 Å². The number of fused-ring (bicyclic) bond motifs is 1. The maximum Gasteiger partial charge on any atom is 0.268 e. The molecule has 0 fully saturated rings. The van der Waals surface area contributed by atoms with Gasteiger partial charge in [0, 0.05) is 28.7 Å². The molecule has 0 aliphatic heterocycles. The van der Waals surface area contributed by atoms with Crippen molar-refractivity contribution in [3.63, 3.8) is 0 Å². The molecule has 4 nitrogen and oxygen atoms in total. The first-order chi connectivity index (χ1) is 8.75. The lowest BCUT2D eigenvalue weighted by Crippen LogP contribution is -2.10. The van der Waals surface area contributed by atoms with Crippen molar-refractivity contribution in [2.24, 2.45) is 5.73 Å². The summed E-state index contributed by atoms with van der Waals surface area (Å²) in [6, 6.07) is 7.86. The Morgan fingerprint density at radius 3 is 2.94 bits per heavy atom. The lowest BCUT2D eigenvalue weighted by atomic mass is 10.1. The molecule has 0 saturated carbocycles. The number of hydrogen-bond acceptors (Lipinski definition) is 4. The van der Waals surface area contributed by atoms with Crippen LogP contribution in [0.25, 0.3) is 21.3 Å². The molecule has 3 rings (SSSR count). The van der Waals surface area contributed by atoms with Crippen LogP contribution in [0.3, 0.4) is 0 Å². The Bertz CT molecular complexity index is 730. The first-order valence-electron chi connectivity index (χ1n) is 5.34. The van der Waals surface area contributed by atoms with E-state index in [4.69, 9.17) is 5.73 Å². The van der Waals surface area contributed by atoms with Crippen molar-refractivity contribution in [3.8, 4) is 10.6 Å². The summed E-state index contributed by atoms with van der Waals surface area (Å²) in [6.45, 7) is 0. The first-order valence-corrected chi connectivity index (χ1v) is 6.22. The van der Waals surface area contributed by atoms with Crippen molar-refractivity contribution >= 4 is 28.0 Å². The SMILES string of the molecule is NC(=O)c1csc(-c2cccc3cnccc23)n1. The molecule has 1 aromatic carbocycles. The van der Waals surface area contributed by atoms with Gasteiger partial charge in [0.25, 0.3) is 5.91 Å². The molecule has 0 aliphatic carbocycles. The first kappa shape index (κ1) is 10.9. The summed E-state index contributed by atoms with van der Waals surface area (Å²) in [5, 5.41) is 4.59. The number of primary amides is 1. The topological polar surface area (TPSA) is 68.9 Å². The van der Waals surface area contributed by atoms with Gasteiger partial charge in [-0.2, -0.15) is 0 Å². The van der Waals surface area contributed by atoms with Crippen LogP contribution in [0.5, 0.6) is 0 Å². The van der Waals surface area contributed by atoms with Crippen molar-refractivity contribution in [1.29, 1.82) is 0 Å². The van der Waals surface area contributed by atoms with E-state index in [-0.39, 0.29) is 0 Å². The molecule has 0 saturated heterocycles. The minimum Gasteiger partial charge on any atom is -0.364 e. The fourth-order valence-corrected chi connectivity index (χ4v) is 2.67. The number of amides is 1. The number of thiazole rings is 1. The van der Waals surface area contributed by atoms with E-state index in [1.54, 1.807) is 17.8 Å². The van der Waals surface area contributed by atoms with Gasteiger partial charge in [-0.3, -0.25) is 9.78 Å². The van der Waals surface area contributed by atoms with E-state index < -0.39 is 5.91 Å². The van der Waals surface area contributed by atoms with Gasteiger partial charge in [-0.1, -0.05) is 18.2 Å². The van der Waals surface area contributed by atoms with Gasteiger partial charge >= 0.3 is 0 Å². The van der Waals surface area contributed by atoms with Crippen LogP contribution >= 0.6 is 11.3 Å². The zero-order valence-electron chi connectivity index (χ0n) is 9.33. The van der Waals surface area contributed by atoms with Crippen molar-refractivity contribution in [2.75, 3.05) is 0 Å². The molecule has 2 heterocycles. The third-order valence-corrected chi connectivity index (χ3v) is 3.54. The Balaban J connectivity index is 2.21. The van der Waals surface area contributed by atoms with E-state index in [2.05, 4.69) is 9.97 Å². The fourth-order valence-electron chi connectivity index (χ4n) is 1.82. The summed E-state index contributed by atoms with van der Waals surface area (Å²) in [5.41, 5.74) is 6.51. The standard InChI is InChI=1S/C13H9N3OS/c14-12(17)11-7-18-13(16-11)10-3-1-2-8-6-15-5-4-9(8)10/h1-7H,(H2,14,17). The van der Waals surface area contributed by atoms with Crippen LogP contribution in [0.1, 0.15) is 10.5 Å². The molecule has 3 aromatic rings. The van der Waals surface area contributed by atoms with Crippen LogP contribution in [-0.2, 0) is 0 Å². The molecule has 0 spiro atoms. The highest BCUT2D eigenvalue weighted by atomic mass is 32.1. The lowest BCUT2D eigenvalue weighted by molar-refractivity contribution is 0.0996. The Kier molecular flexibility index (Phi) is 2.53. The van der Waals surface area contributed by atoms with Crippen LogP contribution in [0.15, 0.2) is 42.0 Å². The molecule has 18 heavy (non-hydrogen) atoms. The Morgan fingerprint density at radius 1 is 1.28 bits per heavy atom. The van der Waals surface area contributed by atoms with Crippen LogP contribution in [0.2, 0.25) is 0 Å². The normalized spacial score (nSPS) is 10.7. The maximum atomic E-state index is 11.1. The van der Waals surface area contributed by atoms with Gasteiger partial charge < -0.3 is 5.73 Å². The highest BCUT2D eigenvalue weighted by Crippen LogP contribution is 2.30. The number of nitrogens with two attached hydrogens (primary N) is 1. The summed E-state index contributed by atoms with van der Waals surface area (Å²) in [7, 11) is 0. The number of carbonyl (C=O) groups is 1. The highest BCUT2D eigenvalue weighted by molar-refractivity contribution is 7.13. The summed E-state index contributed by atoms with van der Waals surface area (Å²) in [4.78, 5) is 19.4. The third-order valence-electron chi connectivity index (χ3n) is 2.67. The molecule has 5 heteroatoms. The Labute approximate surface area is 107 Å². The number of benzene rings is 1. The minimum atomic E-state index is -0.501. The van der Waals surface area contributed by atoms with Crippen LogP contribution < -0.4 is 5.73 Å². The Morgan fingerprint density at radius 2 is 2.17 bits per heavy atom. The van der Waals surface area contributed by atoms with Gasteiger partial charge in [0.2, 0.25) is 0 Å². The number of pyridine rings is 1. The smallest absolute Gasteiger partial charge is 0.268 e. The van der Waals surface area contributed by atoms with Crippen molar-refractivity contribution in [1.82, 2.24) is 9.97 Å². The number of hydrogen-bond donors (Lipinski definition) is 1. The summed E-state index contributed by atoms with van der Waals surface area (Å²) < 4.78 is 0. The summed E-state index contributed by atoms with van der Waals surface area (Å²) >= 11 is 1.41. The number of carbonyl (C=O) groups excluding carboxylic acids is 1. The second-order valence-corrected chi connectivity index (χ2v) is 4.66. The third kappa shape index (κ3) is 1.74. The predicted octanol–water partition coefficient (Wildman–Crippen LogP) is 2.46. The van der Waals surface area contributed by atoms with E-state index in [0.717, 1.165) is 21.3 Å². The quantitative estimate of drug-likeness (QED) is 0.764. The zero-order chi connectivity index (χ0) is 12.5. The average molecular weight is 255 g/mol. The Hall–Kier alpha value is -2.27. The van der Waals surface area contributed by atoms with Crippen LogP contribution in [0, 0.1) is 0 Å². The molecular weight excluding hydrogens is 246 g/mol. The molecule has 1 amide bonds. The highest BCUT2D eigenvalue weighted by Gasteiger charge is 2.10. The van der Waals surface area contributed by atoms with Crippen molar-refractivity contribution < 1.29 is 4.79 Å². The number of rotatable bonds is 2. The van der Waals surface area contributed by atoms with Crippen LogP contribution in [-0.4, -0.2) is 15.9 Å². The molecule has 0 atom stereocenters.